The Labute approximate surface area is 167 Å². The van der Waals surface area contributed by atoms with Crippen LogP contribution in [0.15, 0.2) is 71.3 Å². The van der Waals surface area contributed by atoms with Crippen LogP contribution < -0.4 is 9.47 Å². The van der Waals surface area contributed by atoms with E-state index in [-0.39, 0.29) is 30.5 Å². The van der Waals surface area contributed by atoms with Gasteiger partial charge in [-0.2, -0.15) is 0 Å². The van der Waals surface area contributed by atoms with E-state index in [9.17, 15) is 14.9 Å². The topological polar surface area (TPSA) is 95.0 Å². The third-order valence-electron chi connectivity index (χ3n) is 4.23. The van der Waals surface area contributed by atoms with Crippen molar-refractivity contribution in [2.24, 2.45) is 0 Å². The maximum atomic E-state index is 12.8. The Kier molecular flexibility index (Phi) is 6.47. The highest BCUT2D eigenvalue weighted by Gasteiger charge is 2.19. The van der Waals surface area contributed by atoms with Crippen LogP contribution in [0.2, 0.25) is 0 Å². The van der Waals surface area contributed by atoms with E-state index < -0.39 is 4.92 Å². The highest BCUT2D eigenvalue weighted by atomic mass is 16.6. The van der Waals surface area contributed by atoms with Crippen molar-refractivity contribution < 1.29 is 23.6 Å². The van der Waals surface area contributed by atoms with Gasteiger partial charge in [-0.1, -0.05) is 24.3 Å². The maximum absolute atomic E-state index is 12.8. The van der Waals surface area contributed by atoms with Gasteiger partial charge < -0.3 is 18.8 Å². The van der Waals surface area contributed by atoms with Gasteiger partial charge in [0.1, 0.15) is 11.5 Å². The zero-order valence-electron chi connectivity index (χ0n) is 15.8. The molecule has 0 aliphatic rings. The van der Waals surface area contributed by atoms with Crippen LogP contribution >= 0.6 is 0 Å². The molecule has 0 aliphatic heterocycles. The summed E-state index contributed by atoms with van der Waals surface area (Å²) in [5, 5.41) is 11.1. The normalized spacial score (nSPS) is 10.4. The summed E-state index contributed by atoms with van der Waals surface area (Å²) in [6, 6.07) is 16.8. The second-order valence-electron chi connectivity index (χ2n) is 6.19. The van der Waals surface area contributed by atoms with Gasteiger partial charge in [0.25, 0.3) is 5.91 Å². The zero-order chi connectivity index (χ0) is 20.6. The van der Waals surface area contributed by atoms with Gasteiger partial charge in [-0.3, -0.25) is 14.9 Å². The minimum Gasteiger partial charge on any atom is -0.497 e. The van der Waals surface area contributed by atoms with Gasteiger partial charge in [-0.15, -0.1) is 0 Å². The molecule has 1 heterocycles. The number of hydrogen-bond donors (Lipinski definition) is 0. The Balaban J connectivity index is 1.72. The molecule has 1 aromatic heterocycles. The summed E-state index contributed by atoms with van der Waals surface area (Å²) in [5.41, 5.74) is 0.712. The highest BCUT2D eigenvalue weighted by Crippen LogP contribution is 2.26. The van der Waals surface area contributed by atoms with Gasteiger partial charge in [0, 0.05) is 12.6 Å². The SMILES string of the molecule is COc1ccc(CN(Cc2ccco2)C(=O)COc2ccccc2[N+](=O)[O-])cc1. The molecule has 0 bridgehead atoms. The number of furan rings is 1. The Morgan fingerprint density at radius 2 is 1.83 bits per heavy atom. The number of amides is 1. The highest BCUT2D eigenvalue weighted by molar-refractivity contribution is 5.78. The average Bonchev–Trinajstić information content (AvgIpc) is 3.25. The average molecular weight is 396 g/mol. The molecule has 0 saturated heterocycles. The van der Waals surface area contributed by atoms with Crippen molar-refractivity contribution in [2.45, 2.75) is 13.1 Å². The van der Waals surface area contributed by atoms with E-state index >= 15 is 0 Å². The largest absolute Gasteiger partial charge is 0.497 e. The molecule has 0 unspecified atom stereocenters. The molecule has 2 aromatic carbocycles. The van der Waals surface area contributed by atoms with E-state index in [0.717, 1.165) is 11.3 Å². The van der Waals surface area contributed by atoms with Crippen LogP contribution in [-0.4, -0.2) is 29.4 Å². The monoisotopic (exact) mass is 396 g/mol. The molecule has 0 saturated carbocycles. The molecule has 0 atom stereocenters. The number of benzene rings is 2. The Bertz CT molecular complexity index is 954. The predicted octanol–water partition coefficient (Wildman–Crippen LogP) is 3.80. The van der Waals surface area contributed by atoms with E-state index in [4.69, 9.17) is 13.9 Å². The summed E-state index contributed by atoms with van der Waals surface area (Å²) < 4.78 is 16.0. The number of hydrogen-bond acceptors (Lipinski definition) is 6. The van der Waals surface area contributed by atoms with E-state index in [0.29, 0.717) is 12.3 Å². The van der Waals surface area contributed by atoms with Crippen molar-refractivity contribution in [3.8, 4) is 11.5 Å². The maximum Gasteiger partial charge on any atom is 0.310 e. The summed E-state index contributed by atoms with van der Waals surface area (Å²) in [5.74, 6) is 1.07. The first kappa shape index (κ1) is 19.9. The number of methoxy groups -OCH3 is 1. The first-order valence-corrected chi connectivity index (χ1v) is 8.86. The van der Waals surface area contributed by atoms with Gasteiger partial charge >= 0.3 is 5.69 Å². The summed E-state index contributed by atoms with van der Waals surface area (Å²) >= 11 is 0. The molecule has 0 N–H and O–H groups in total. The fourth-order valence-electron chi connectivity index (χ4n) is 2.74. The first-order valence-electron chi connectivity index (χ1n) is 8.86. The molecule has 3 rings (SSSR count). The first-order chi connectivity index (χ1) is 14.1. The molecule has 0 fully saturated rings. The molecule has 0 radical (unpaired) electrons. The summed E-state index contributed by atoms with van der Waals surface area (Å²) in [6.45, 7) is 0.240. The number of nitrogens with zero attached hydrogens (tertiary/aromatic N) is 2. The molecule has 29 heavy (non-hydrogen) atoms. The number of nitro groups is 1. The van der Waals surface area contributed by atoms with Crippen molar-refractivity contribution in [3.05, 3.63) is 88.4 Å². The van der Waals surface area contributed by atoms with Crippen LogP contribution in [-0.2, 0) is 17.9 Å². The quantitative estimate of drug-likeness (QED) is 0.403. The minimum absolute atomic E-state index is 0.0493. The smallest absolute Gasteiger partial charge is 0.310 e. The lowest BCUT2D eigenvalue weighted by Gasteiger charge is -2.22. The number of rotatable bonds is 9. The lowest BCUT2D eigenvalue weighted by Crippen LogP contribution is -2.34. The summed E-state index contributed by atoms with van der Waals surface area (Å²) in [6.07, 6.45) is 1.54. The third-order valence-corrected chi connectivity index (χ3v) is 4.23. The van der Waals surface area contributed by atoms with Gasteiger partial charge in [-0.05, 0) is 35.9 Å². The molecule has 3 aromatic rings. The van der Waals surface area contributed by atoms with E-state index in [1.807, 2.05) is 24.3 Å². The molecule has 0 spiro atoms. The molecule has 150 valence electrons. The van der Waals surface area contributed by atoms with Crippen LogP contribution in [0.25, 0.3) is 0 Å². The van der Waals surface area contributed by atoms with Crippen LogP contribution in [0.3, 0.4) is 0 Å². The van der Waals surface area contributed by atoms with Crippen LogP contribution in [0.4, 0.5) is 5.69 Å². The number of ether oxygens (including phenoxy) is 2. The summed E-state index contributed by atoms with van der Waals surface area (Å²) in [7, 11) is 1.59. The van der Waals surface area contributed by atoms with E-state index in [1.54, 1.807) is 36.3 Å². The van der Waals surface area contributed by atoms with Crippen LogP contribution in [0.1, 0.15) is 11.3 Å². The van der Waals surface area contributed by atoms with Crippen molar-refractivity contribution in [2.75, 3.05) is 13.7 Å². The lowest BCUT2D eigenvalue weighted by atomic mass is 10.2. The second kappa shape index (κ2) is 9.41. The van der Waals surface area contributed by atoms with Gasteiger partial charge in [0.05, 0.1) is 24.8 Å². The fraction of sp³-hybridized carbons (Fsp3) is 0.190. The Hall–Kier alpha value is -3.81. The van der Waals surface area contributed by atoms with Crippen LogP contribution in [0.5, 0.6) is 11.5 Å². The van der Waals surface area contributed by atoms with Crippen LogP contribution in [0, 0.1) is 10.1 Å². The molecule has 0 aliphatic carbocycles. The molecular formula is C21H20N2O6. The van der Waals surface area contributed by atoms with Crippen molar-refractivity contribution in [1.82, 2.24) is 4.90 Å². The number of carbonyl (C=O) groups is 1. The van der Waals surface area contributed by atoms with Crippen molar-refractivity contribution >= 4 is 11.6 Å². The minimum atomic E-state index is -0.544. The number of carbonyl (C=O) groups excluding carboxylic acids is 1. The van der Waals surface area contributed by atoms with E-state index in [1.165, 1.54) is 18.4 Å². The number of nitro benzene ring substituents is 1. The predicted molar refractivity (Wildman–Crippen MR) is 105 cm³/mol. The number of para-hydroxylation sites is 2. The second-order valence-corrected chi connectivity index (χ2v) is 6.19. The van der Waals surface area contributed by atoms with Gasteiger partial charge in [0.15, 0.2) is 12.4 Å². The molecule has 8 nitrogen and oxygen atoms in total. The Morgan fingerprint density at radius 3 is 2.48 bits per heavy atom. The molecule has 8 heteroatoms. The van der Waals surface area contributed by atoms with Gasteiger partial charge in [0.2, 0.25) is 0 Å². The van der Waals surface area contributed by atoms with Crippen molar-refractivity contribution in [1.29, 1.82) is 0 Å². The molecular weight excluding hydrogens is 376 g/mol. The molecule has 1 amide bonds. The lowest BCUT2D eigenvalue weighted by molar-refractivity contribution is -0.385. The zero-order valence-corrected chi connectivity index (χ0v) is 15.8. The third kappa shape index (κ3) is 5.35. The summed E-state index contributed by atoms with van der Waals surface area (Å²) in [4.78, 5) is 25.0. The Morgan fingerprint density at radius 1 is 1.07 bits per heavy atom. The standard InChI is InChI=1S/C21H20N2O6/c1-27-17-10-8-16(9-11-17)13-22(14-18-5-4-12-28-18)21(24)15-29-20-7-3-2-6-19(20)23(25)26/h2-12H,13-15H2,1H3. The van der Waals surface area contributed by atoms with Gasteiger partial charge in [-0.25, -0.2) is 0 Å². The fourth-order valence-corrected chi connectivity index (χ4v) is 2.74. The van der Waals surface area contributed by atoms with Crippen molar-refractivity contribution in [3.63, 3.8) is 0 Å². The van der Waals surface area contributed by atoms with E-state index in [2.05, 4.69) is 0 Å².